The molecule has 0 unspecified atom stereocenters. The number of anilines is 1. The summed E-state index contributed by atoms with van der Waals surface area (Å²) in [6.45, 7) is 0.268. The van der Waals surface area contributed by atoms with Gasteiger partial charge in [-0.1, -0.05) is 11.6 Å². The average molecular weight is 393 g/mol. The molecule has 1 aliphatic heterocycles. The fourth-order valence-electron chi connectivity index (χ4n) is 2.78. The molecule has 136 valence electrons. The van der Waals surface area contributed by atoms with Crippen LogP contribution in [0.3, 0.4) is 0 Å². The van der Waals surface area contributed by atoms with Gasteiger partial charge in [0.05, 0.1) is 10.6 Å². The maximum Gasteiger partial charge on any atom is 0.258 e. The van der Waals surface area contributed by atoms with E-state index in [0.29, 0.717) is 21.8 Å². The summed E-state index contributed by atoms with van der Waals surface area (Å²) in [6.07, 6.45) is 0.214. The Bertz CT molecular complexity index is 985. The molecule has 0 atom stereocenters. The van der Waals surface area contributed by atoms with Crippen LogP contribution in [0.4, 0.5) is 5.69 Å². The molecule has 0 bridgehead atoms. The molecular formula is C18H17ClN2O4S. The van der Waals surface area contributed by atoms with E-state index in [-0.39, 0.29) is 29.6 Å². The minimum atomic E-state index is -3.56. The summed E-state index contributed by atoms with van der Waals surface area (Å²) >= 11 is 5.96. The van der Waals surface area contributed by atoms with Crippen LogP contribution in [0, 0.1) is 0 Å². The van der Waals surface area contributed by atoms with Gasteiger partial charge in [0.2, 0.25) is 10.0 Å². The molecule has 1 heterocycles. The Kier molecular flexibility index (Phi) is 4.88. The van der Waals surface area contributed by atoms with Crippen LogP contribution in [0.1, 0.15) is 27.1 Å². The summed E-state index contributed by atoms with van der Waals surface area (Å²) in [5, 5.41) is 0.435. The van der Waals surface area contributed by atoms with Gasteiger partial charge in [0.25, 0.3) is 5.91 Å². The molecule has 6 nitrogen and oxygen atoms in total. The van der Waals surface area contributed by atoms with Crippen molar-refractivity contribution in [2.45, 2.75) is 11.3 Å². The normalized spacial score (nSPS) is 14.5. The number of Topliss-reactive ketones (excluding diaryl/α,β-unsaturated/α-hetero) is 1. The van der Waals surface area contributed by atoms with E-state index in [1.165, 1.54) is 43.3 Å². The molecule has 0 saturated heterocycles. The number of carbonyl (C=O) groups is 2. The number of fused-ring (bicyclic) bond motifs is 1. The summed E-state index contributed by atoms with van der Waals surface area (Å²) in [4.78, 5) is 26.6. The number of sulfonamides is 1. The zero-order valence-corrected chi connectivity index (χ0v) is 15.8. The van der Waals surface area contributed by atoms with Crippen LogP contribution in [0.25, 0.3) is 0 Å². The number of benzene rings is 2. The van der Waals surface area contributed by atoms with Crippen molar-refractivity contribution in [2.24, 2.45) is 0 Å². The van der Waals surface area contributed by atoms with Crippen LogP contribution in [-0.4, -0.2) is 45.1 Å². The number of nitrogens with zero attached hydrogens (tertiary/aromatic N) is 2. The molecular weight excluding hydrogens is 376 g/mol. The minimum Gasteiger partial charge on any atom is -0.307 e. The Balaban J connectivity index is 1.94. The Morgan fingerprint density at radius 1 is 1.12 bits per heavy atom. The van der Waals surface area contributed by atoms with Crippen LogP contribution in [0.2, 0.25) is 5.02 Å². The van der Waals surface area contributed by atoms with Crippen LogP contribution in [0.15, 0.2) is 47.4 Å². The van der Waals surface area contributed by atoms with E-state index >= 15 is 0 Å². The molecule has 0 aliphatic carbocycles. The largest absolute Gasteiger partial charge is 0.307 e. The van der Waals surface area contributed by atoms with Crippen LogP contribution >= 0.6 is 11.6 Å². The maximum absolute atomic E-state index is 12.9. The number of ketones is 1. The lowest BCUT2D eigenvalue weighted by Gasteiger charge is -2.29. The van der Waals surface area contributed by atoms with Gasteiger partial charge in [-0.05, 0) is 42.5 Å². The number of hydrogen-bond donors (Lipinski definition) is 0. The van der Waals surface area contributed by atoms with Crippen molar-refractivity contribution < 1.29 is 18.0 Å². The summed E-state index contributed by atoms with van der Waals surface area (Å²) in [7, 11) is -0.665. The van der Waals surface area contributed by atoms with Crippen molar-refractivity contribution in [1.82, 2.24) is 4.31 Å². The smallest absolute Gasteiger partial charge is 0.258 e. The van der Waals surface area contributed by atoms with Gasteiger partial charge in [-0.3, -0.25) is 9.59 Å². The average Bonchev–Trinajstić information content (AvgIpc) is 2.62. The topological polar surface area (TPSA) is 74.8 Å². The van der Waals surface area contributed by atoms with E-state index in [4.69, 9.17) is 11.6 Å². The van der Waals surface area contributed by atoms with Gasteiger partial charge in [-0.2, -0.15) is 0 Å². The predicted molar refractivity (Wildman–Crippen MR) is 99.4 cm³/mol. The quantitative estimate of drug-likeness (QED) is 0.804. The van der Waals surface area contributed by atoms with Crippen molar-refractivity contribution in [1.29, 1.82) is 0 Å². The van der Waals surface area contributed by atoms with Crippen molar-refractivity contribution in [2.75, 3.05) is 25.5 Å². The lowest BCUT2D eigenvalue weighted by atomic mass is 9.99. The Morgan fingerprint density at radius 3 is 2.38 bits per heavy atom. The van der Waals surface area contributed by atoms with Gasteiger partial charge in [0, 0.05) is 43.2 Å². The van der Waals surface area contributed by atoms with E-state index < -0.39 is 10.0 Å². The second-order valence-electron chi connectivity index (χ2n) is 6.10. The number of halogens is 1. The van der Waals surface area contributed by atoms with Gasteiger partial charge in [0.1, 0.15) is 0 Å². The van der Waals surface area contributed by atoms with Gasteiger partial charge < -0.3 is 4.90 Å². The Labute approximate surface area is 157 Å². The highest BCUT2D eigenvalue weighted by Gasteiger charge is 2.28. The van der Waals surface area contributed by atoms with E-state index in [1.807, 2.05) is 0 Å². The second-order valence-corrected chi connectivity index (χ2v) is 8.69. The second kappa shape index (κ2) is 6.83. The first-order valence-corrected chi connectivity index (χ1v) is 9.71. The maximum atomic E-state index is 12.9. The molecule has 2 aromatic rings. The summed E-state index contributed by atoms with van der Waals surface area (Å²) < 4.78 is 25.4. The molecule has 3 rings (SSSR count). The summed E-state index contributed by atoms with van der Waals surface area (Å²) in [6, 6.07) is 10.6. The molecule has 0 radical (unpaired) electrons. The fraction of sp³-hybridized carbons (Fsp3) is 0.222. The third-order valence-electron chi connectivity index (χ3n) is 4.24. The third-order valence-corrected chi connectivity index (χ3v) is 6.30. The van der Waals surface area contributed by atoms with Crippen molar-refractivity contribution in [3.8, 4) is 0 Å². The van der Waals surface area contributed by atoms with Crippen LogP contribution < -0.4 is 4.90 Å². The first-order chi connectivity index (χ1) is 12.2. The molecule has 8 heteroatoms. The van der Waals surface area contributed by atoms with Crippen molar-refractivity contribution >= 4 is 39.0 Å². The van der Waals surface area contributed by atoms with Crippen molar-refractivity contribution in [3.05, 3.63) is 58.6 Å². The number of hydrogen-bond acceptors (Lipinski definition) is 4. The Morgan fingerprint density at radius 2 is 1.77 bits per heavy atom. The van der Waals surface area contributed by atoms with Crippen molar-refractivity contribution in [3.63, 3.8) is 0 Å². The Hall–Kier alpha value is -2.22. The first kappa shape index (κ1) is 18.6. The molecule has 26 heavy (non-hydrogen) atoms. The van der Waals surface area contributed by atoms with Crippen LogP contribution in [0.5, 0.6) is 0 Å². The third kappa shape index (κ3) is 3.25. The van der Waals surface area contributed by atoms with E-state index in [9.17, 15) is 18.0 Å². The zero-order chi connectivity index (χ0) is 19.1. The molecule has 0 saturated carbocycles. The van der Waals surface area contributed by atoms with Gasteiger partial charge >= 0.3 is 0 Å². The molecule has 0 N–H and O–H groups in total. The molecule has 1 aliphatic rings. The van der Waals surface area contributed by atoms with Gasteiger partial charge in [-0.15, -0.1) is 0 Å². The standard InChI is InChI=1S/C18H17ClN2O4S/c1-20(2)26(24,25)14-6-3-12(4-7-14)18(23)21-10-9-17(22)15-11-13(19)5-8-16(15)21/h3-8,11H,9-10H2,1-2H3. The summed E-state index contributed by atoms with van der Waals surface area (Å²) in [5.41, 5.74) is 1.28. The number of carbonyl (C=O) groups excluding carboxylic acids is 2. The van der Waals surface area contributed by atoms with E-state index in [0.717, 1.165) is 4.31 Å². The van der Waals surface area contributed by atoms with Gasteiger partial charge in [-0.25, -0.2) is 12.7 Å². The van der Waals surface area contributed by atoms with E-state index in [2.05, 4.69) is 0 Å². The lowest BCUT2D eigenvalue weighted by molar-refractivity contribution is 0.0955. The summed E-state index contributed by atoms with van der Waals surface area (Å²) in [5.74, 6) is -0.353. The number of rotatable bonds is 3. The molecule has 2 aromatic carbocycles. The highest BCUT2D eigenvalue weighted by atomic mass is 35.5. The highest BCUT2D eigenvalue weighted by Crippen LogP contribution is 2.31. The predicted octanol–water partition coefficient (Wildman–Crippen LogP) is 2.82. The molecule has 0 spiro atoms. The molecule has 1 amide bonds. The van der Waals surface area contributed by atoms with Gasteiger partial charge in [0.15, 0.2) is 5.78 Å². The lowest BCUT2D eigenvalue weighted by Crippen LogP contribution is -2.37. The SMILES string of the molecule is CN(C)S(=O)(=O)c1ccc(C(=O)N2CCC(=O)c3cc(Cl)ccc32)cc1. The highest BCUT2D eigenvalue weighted by molar-refractivity contribution is 7.89. The molecule has 0 aromatic heterocycles. The first-order valence-electron chi connectivity index (χ1n) is 7.89. The molecule has 0 fully saturated rings. The van der Waals surface area contributed by atoms with E-state index in [1.54, 1.807) is 18.2 Å². The minimum absolute atomic E-state index is 0.0565. The van der Waals surface area contributed by atoms with Crippen LogP contribution in [-0.2, 0) is 10.0 Å². The zero-order valence-electron chi connectivity index (χ0n) is 14.3. The fourth-order valence-corrected chi connectivity index (χ4v) is 3.86. The monoisotopic (exact) mass is 392 g/mol. The number of amides is 1.